The van der Waals surface area contributed by atoms with Gasteiger partial charge < -0.3 is 10.2 Å². The van der Waals surface area contributed by atoms with Crippen LogP contribution in [0.4, 0.5) is 4.39 Å². The Morgan fingerprint density at radius 1 is 1.43 bits per heavy atom. The number of halogens is 1. The average Bonchev–Trinajstić information content (AvgIpc) is 2.53. The molecule has 124 valence electrons. The predicted octanol–water partition coefficient (Wildman–Crippen LogP) is 2.14. The molecule has 0 unspecified atom stereocenters. The largest absolute Gasteiger partial charge is 0.341 e. The summed E-state index contributed by atoms with van der Waals surface area (Å²) < 4.78 is 13.0. The summed E-state index contributed by atoms with van der Waals surface area (Å²) in [5.41, 5.74) is 0.490. The van der Waals surface area contributed by atoms with Crippen LogP contribution in [0.15, 0.2) is 24.5 Å². The minimum atomic E-state index is -0.585. The van der Waals surface area contributed by atoms with Crippen LogP contribution in [0.5, 0.6) is 0 Å². The second kappa shape index (κ2) is 7.85. The van der Waals surface area contributed by atoms with E-state index in [9.17, 15) is 14.0 Å². The second-order valence-corrected chi connectivity index (χ2v) is 5.88. The van der Waals surface area contributed by atoms with Crippen LogP contribution < -0.4 is 5.32 Å². The Morgan fingerprint density at radius 3 is 2.91 bits per heavy atom. The summed E-state index contributed by atoms with van der Waals surface area (Å²) in [5.74, 6) is -0.915. The van der Waals surface area contributed by atoms with Gasteiger partial charge in [-0.15, -0.1) is 0 Å². The molecule has 2 atom stereocenters. The van der Waals surface area contributed by atoms with E-state index in [0.29, 0.717) is 5.56 Å². The number of carbonyl (C=O) groups excluding carboxylic acids is 2. The molecule has 0 radical (unpaired) electrons. The molecular weight excluding hydrogens is 297 g/mol. The van der Waals surface area contributed by atoms with Crippen molar-refractivity contribution in [1.82, 2.24) is 15.2 Å². The molecule has 0 saturated carbocycles. The van der Waals surface area contributed by atoms with Gasteiger partial charge in [-0.25, -0.2) is 4.39 Å². The highest BCUT2D eigenvalue weighted by atomic mass is 19.1. The topological polar surface area (TPSA) is 62.3 Å². The third-order valence-electron chi connectivity index (χ3n) is 3.97. The first kappa shape index (κ1) is 17.1. The molecule has 1 aromatic rings. The molecule has 0 spiro atoms. The van der Waals surface area contributed by atoms with Crippen LogP contribution in [-0.2, 0) is 9.59 Å². The van der Waals surface area contributed by atoms with E-state index in [4.69, 9.17) is 0 Å². The number of aromatic nitrogens is 1. The zero-order chi connectivity index (χ0) is 16.8. The first-order valence-electron chi connectivity index (χ1n) is 7.87. The number of carbonyl (C=O) groups is 2. The molecule has 2 amide bonds. The van der Waals surface area contributed by atoms with Crippen molar-refractivity contribution in [1.29, 1.82) is 0 Å². The van der Waals surface area contributed by atoms with E-state index < -0.39 is 11.9 Å². The number of nitrogens with zero attached hydrogens (tertiary/aromatic N) is 2. The first-order valence-corrected chi connectivity index (χ1v) is 7.87. The van der Waals surface area contributed by atoms with E-state index >= 15 is 0 Å². The van der Waals surface area contributed by atoms with E-state index in [1.165, 1.54) is 24.4 Å². The van der Waals surface area contributed by atoms with Crippen LogP contribution in [0.25, 0.3) is 6.08 Å². The highest BCUT2D eigenvalue weighted by Gasteiger charge is 2.27. The molecule has 0 bridgehead atoms. The smallest absolute Gasteiger partial charge is 0.245 e. The molecular formula is C17H22FN3O2. The number of pyridine rings is 1. The van der Waals surface area contributed by atoms with Crippen molar-refractivity contribution in [3.8, 4) is 0 Å². The number of hydrogen-bond acceptors (Lipinski definition) is 3. The molecule has 6 heteroatoms. The van der Waals surface area contributed by atoms with Crippen LogP contribution in [0.1, 0.15) is 38.7 Å². The minimum Gasteiger partial charge on any atom is -0.341 e. The fourth-order valence-corrected chi connectivity index (χ4v) is 2.69. The lowest BCUT2D eigenvalue weighted by molar-refractivity contribution is -0.138. The summed E-state index contributed by atoms with van der Waals surface area (Å²) in [4.78, 5) is 29.8. The Bertz CT molecular complexity index is 603. The summed E-state index contributed by atoms with van der Waals surface area (Å²) in [6, 6.07) is 0.906. The van der Waals surface area contributed by atoms with Crippen molar-refractivity contribution >= 4 is 17.9 Å². The van der Waals surface area contributed by atoms with Gasteiger partial charge in [0.2, 0.25) is 11.8 Å². The van der Waals surface area contributed by atoms with Gasteiger partial charge >= 0.3 is 0 Å². The van der Waals surface area contributed by atoms with Crippen LogP contribution in [0.3, 0.4) is 0 Å². The summed E-state index contributed by atoms with van der Waals surface area (Å²) in [6.07, 6.45) is 8.43. The lowest BCUT2D eigenvalue weighted by Gasteiger charge is -2.35. The maximum atomic E-state index is 13.0. The Kier molecular flexibility index (Phi) is 5.84. The van der Waals surface area contributed by atoms with Crippen LogP contribution >= 0.6 is 0 Å². The van der Waals surface area contributed by atoms with Crippen molar-refractivity contribution in [3.05, 3.63) is 35.9 Å². The zero-order valence-corrected chi connectivity index (χ0v) is 13.5. The predicted molar refractivity (Wildman–Crippen MR) is 85.9 cm³/mol. The van der Waals surface area contributed by atoms with Crippen LogP contribution in [-0.4, -0.2) is 40.3 Å². The highest BCUT2D eigenvalue weighted by Crippen LogP contribution is 2.17. The molecule has 2 heterocycles. The molecule has 23 heavy (non-hydrogen) atoms. The fourth-order valence-electron chi connectivity index (χ4n) is 2.69. The Morgan fingerprint density at radius 2 is 2.22 bits per heavy atom. The molecule has 5 nitrogen and oxygen atoms in total. The molecule has 0 aromatic carbocycles. The van der Waals surface area contributed by atoms with Crippen LogP contribution in [0.2, 0.25) is 0 Å². The van der Waals surface area contributed by atoms with E-state index in [2.05, 4.69) is 10.3 Å². The van der Waals surface area contributed by atoms with Gasteiger partial charge in [0.15, 0.2) is 0 Å². The number of nitrogens with one attached hydrogen (secondary N) is 1. The Hall–Kier alpha value is -2.24. The van der Waals surface area contributed by atoms with E-state index in [1.54, 1.807) is 6.92 Å². The number of likely N-dealkylation sites (tertiary alicyclic amines) is 1. The van der Waals surface area contributed by atoms with Crippen LogP contribution in [0, 0.1) is 5.82 Å². The molecule has 1 aliphatic rings. The molecule has 0 aliphatic carbocycles. The molecule has 1 aromatic heterocycles. The van der Waals surface area contributed by atoms with Crippen molar-refractivity contribution in [2.75, 3.05) is 6.54 Å². The maximum absolute atomic E-state index is 13.0. The molecule has 1 saturated heterocycles. The van der Waals surface area contributed by atoms with Gasteiger partial charge in [0.05, 0.1) is 6.20 Å². The number of rotatable bonds is 4. The monoisotopic (exact) mass is 319 g/mol. The van der Waals surface area contributed by atoms with Gasteiger partial charge in [0.25, 0.3) is 0 Å². The van der Waals surface area contributed by atoms with Gasteiger partial charge in [0.1, 0.15) is 11.9 Å². The van der Waals surface area contributed by atoms with E-state index in [0.717, 1.165) is 32.0 Å². The van der Waals surface area contributed by atoms with Gasteiger partial charge in [0, 0.05) is 24.9 Å². The van der Waals surface area contributed by atoms with Crippen molar-refractivity contribution in [2.45, 2.75) is 45.2 Å². The van der Waals surface area contributed by atoms with Crippen molar-refractivity contribution in [3.63, 3.8) is 0 Å². The molecule has 1 N–H and O–H groups in total. The fraction of sp³-hybridized carbons (Fsp3) is 0.471. The standard InChI is InChI=1S/C17H22FN3O2/c1-12-5-3-4-8-21(12)17(23)13(2)20-16(22)7-6-14-9-15(18)11-19-10-14/h6-7,9-13H,3-5,8H2,1-2H3,(H,20,22)/b7-6+/t12-,13-/m0/s1. The summed E-state index contributed by atoms with van der Waals surface area (Å²) >= 11 is 0. The Labute approximate surface area is 135 Å². The maximum Gasteiger partial charge on any atom is 0.245 e. The number of piperidine rings is 1. The van der Waals surface area contributed by atoms with Crippen molar-refractivity contribution < 1.29 is 14.0 Å². The number of amides is 2. The van der Waals surface area contributed by atoms with E-state index in [-0.39, 0.29) is 17.9 Å². The quantitative estimate of drug-likeness (QED) is 0.865. The van der Waals surface area contributed by atoms with Gasteiger partial charge in [-0.1, -0.05) is 0 Å². The lowest BCUT2D eigenvalue weighted by Crippen LogP contribution is -2.51. The Balaban J connectivity index is 1.90. The molecule has 1 aliphatic heterocycles. The van der Waals surface area contributed by atoms with Gasteiger partial charge in [-0.05, 0) is 50.8 Å². The second-order valence-electron chi connectivity index (χ2n) is 5.88. The summed E-state index contributed by atoms with van der Waals surface area (Å²) in [5, 5.41) is 2.65. The third-order valence-corrected chi connectivity index (χ3v) is 3.97. The van der Waals surface area contributed by atoms with Gasteiger partial charge in [-0.3, -0.25) is 14.6 Å². The van der Waals surface area contributed by atoms with E-state index in [1.807, 2.05) is 11.8 Å². The molecule has 1 fully saturated rings. The molecule has 2 rings (SSSR count). The summed E-state index contributed by atoms with van der Waals surface area (Å²) in [6.45, 7) is 4.45. The normalized spacial score (nSPS) is 19.6. The highest BCUT2D eigenvalue weighted by molar-refractivity contribution is 5.95. The third kappa shape index (κ3) is 4.87. The lowest BCUT2D eigenvalue weighted by atomic mass is 10.0. The van der Waals surface area contributed by atoms with Gasteiger partial charge in [-0.2, -0.15) is 0 Å². The zero-order valence-electron chi connectivity index (χ0n) is 13.5. The SMILES string of the molecule is C[C@H](NC(=O)/C=C/c1cncc(F)c1)C(=O)N1CCCC[C@@H]1C. The average molecular weight is 319 g/mol. The first-order chi connectivity index (χ1) is 11.0. The van der Waals surface area contributed by atoms with Crippen molar-refractivity contribution in [2.24, 2.45) is 0 Å². The summed E-state index contributed by atoms with van der Waals surface area (Å²) in [7, 11) is 0. The number of hydrogen-bond donors (Lipinski definition) is 1. The minimum absolute atomic E-state index is 0.0635.